The maximum absolute atomic E-state index is 4.59. The molecule has 0 amide bonds. The van der Waals surface area contributed by atoms with Crippen molar-refractivity contribution in [3.63, 3.8) is 0 Å². The molecule has 2 aromatic rings. The summed E-state index contributed by atoms with van der Waals surface area (Å²) in [5, 5.41) is 8.22. The summed E-state index contributed by atoms with van der Waals surface area (Å²) >= 11 is 0. The van der Waals surface area contributed by atoms with E-state index in [-0.39, 0.29) is 0 Å². The lowest BCUT2D eigenvalue weighted by Gasteiger charge is -2.34. The highest BCUT2D eigenvalue weighted by molar-refractivity contribution is 5.40. The molecule has 3 rings (SSSR count). The van der Waals surface area contributed by atoms with Crippen molar-refractivity contribution in [1.82, 2.24) is 25.1 Å². The zero-order valence-corrected chi connectivity index (χ0v) is 16.0. The predicted octanol–water partition coefficient (Wildman–Crippen LogP) is 3.19. The van der Waals surface area contributed by atoms with Crippen molar-refractivity contribution in [1.29, 1.82) is 0 Å². The van der Waals surface area contributed by atoms with Gasteiger partial charge in [0.2, 0.25) is 0 Å². The molecule has 0 bridgehead atoms. The standard InChI is InChI=1S/C19H30N6/c1-13(2)25-12-17(11-20-25)15(4)22-18-6-8-24(9-7-18)19-10-14(3)21-16(5)23-19/h10-13,15,18,22H,6-9H2,1-5H3/t15-/m0/s1. The summed E-state index contributed by atoms with van der Waals surface area (Å²) in [6, 6.07) is 3.36. The largest absolute Gasteiger partial charge is 0.356 e. The Bertz CT molecular complexity index is 679. The summed E-state index contributed by atoms with van der Waals surface area (Å²) in [6.45, 7) is 12.6. The van der Waals surface area contributed by atoms with Gasteiger partial charge in [-0.2, -0.15) is 5.10 Å². The van der Waals surface area contributed by atoms with E-state index in [1.54, 1.807) is 0 Å². The van der Waals surface area contributed by atoms with Gasteiger partial charge >= 0.3 is 0 Å². The highest BCUT2D eigenvalue weighted by atomic mass is 15.3. The van der Waals surface area contributed by atoms with Crippen molar-refractivity contribution in [3.8, 4) is 0 Å². The maximum Gasteiger partial charge on any atom is 0.132 e. The van der Waals surface area contributed by atoms with E-state index in [1.165, 1.54) is 5.56 Å². The van der Waals surface area contributed by atoms with E-state index in [4.69, 9.17) is 0 Å². The fraction of sp³-hybridized carbons (Fsp3) is 0.632. The highest BCUT2D eigenvalue weighted by Gasteiger charge is 2.22. The van der Waals surface area contributed by atoms with Crippen LogP contribution in [-0.2, 0) is 0 Å². The molecule has 0 aliphatic carbocycles. The van der Waals surface area contributed by atoms with E-state index in [9.17, 15) is 0 Å². The van der Waals surface area contributed by atoms with Crippen LogP contribution in [0.25, 0.3) is 0 Å². The number of aryl methyl sites for hydroxylation is 2. The third-order valence-corrected chi connectivity index (χ3v) is 4.91. The molecule has 0 radical (unpaired) electrons. The van der Waals surface area contributed by atoms with Gasteiger partial charge in [0, 0.05) is 54.7 Å². The number of anilines is 1. The van der Waals surface area contributed by atoms with Gasteiger partial charge in [-0.05, 0) is 47.5 Å². The van der Waals surface area contributed by atoms with Crippen molar-refractivity contribution in [3.05, 3.63) is 35.5 Å². The first-order valence-corrected chi connectivity index (χ1v) is 9.29. The highest BCUT2D eigenvalue weighted by Crippen LogP contribution is 2.21. The minimum Gasteiger partial charge on any atom is -0.356 e. The van der Waals surface area contributed by atoms with Crippen LogP contribution in [0.2, 0.25) is 0 Å². The van der Waals surface area contributed by atoms with Crippen LogP contribution in [0.4, 0.5) is 5.82 Å². The van der Waals surface area contributed by atoms with Crippen LogP contribution in [0.1, 0.15) is 62.8 Å². The Labute approximate surface area is 150 Å². The summed E-state index contributed by atoms with van der Waals surface area (Å²) < 4.78 is 2.02. The van der Waals surface area contributed by atoms with Gasteiger partial charge in [-0.25, -0.2) is 9.97 Å². The van der Waals surface area contributed by atoms with Crippen molar-refractivity contribution in [2.45, 2.75) is 65.6 Å². The Balaban J connectivity index is 1.55. The summed E-state index contributed by atoms with van der Waals surface area (Å²) in [4.78, 5) is 11.3. The van der Waals surface area contributed by atoms with Gasteiger partial charge in [0.15, 0.2) is 0 Å². The number of hydrogen-bond acceptors (Lipinski definition) is 5. The molecule has 0 saturated carbocycles. The fourth-order valence-electron chi connectivity index (χ4n) is 3.44. The predicted molar refractivity (Wildman–Crippen MR) is 101 cm³/mol. The molecule has 136 valence electrons. The summed E-state index contributed by atoms with van der Waals surface area (Å²) in [6.07, 6.45) is 6.40. The molecule has 6 heteroatoms. The van der Waals surface area contributed by atoms with Gasteiger partial charge in [-0.1, -0.05) is 0 Å². The third kappa shape index (κ3) is 4.37. The fourth-order valence-corrected chi connectivity index (χ4v) is 3.44. The van der Waals surface area contributed by atoms with Gasteiger partial charge in [0.05, 0.1) is 6.20 Å². The topological polar surface area (TPSA) is 58.9 Å². The minimum atomic E-state index is 0.326. The number of aromatic nitrogens is 4. The average molecular weight is 342 g/mol. The molecule has 1 atom stereocenters. The molecule has 1 saturated heterocycles. The molecule has 0 unspecified atom stereocenters. The van der Waals surface area contributed by atoms with Gasteiger partial charge in [0.1, 0.15) is 11.6 Å². The Morgan fingerprint density at radius 2 is 1.84 bits per heavy atom. The Morgan fingerprint density at radius 3 is 2.44 bits per heavy atom. The van der Waals surface area contributed by atoms with E-state index in [0.717, 1.165) is 43.3 Å². The molecule has 25 heavy (non-hydrogen) atoms. The van der Waals surface area contributed by atoms with E-state index in [2.05, 4.69) is 58.3 Å². The lowest BCUT2D eigenvalue weighted by molar-refractivity contribution is 0.379. The van der Waals surface area contributed by atoms with Gasteiger partial charge in [0.25, 0.3) is 0 Å². The molecule has 2 aromatic heterocycles. The number of nitrogens with zero attached hydrogens (tertiary/aromatic N) is 5. The minimum absolute atomic E-state index is 0.326. The van der Waals surface area contributed by atoms with E-state index < -0.39 is 0 Å². The average Bonchev–Trinajstić information content (AvgIpc) is 3.05. The summed E-state index contributed by atoms with van der Waals surface area (Å²) in [5.74, 6) is 1.92. The first-order valence-electron chi connectivity index (χ1n) is 9.29. The monoisotopic (exact) mass is 342 g/mol. The second kappa shape index (κ2) is 7.52. The van der Waals surface area contributed by atoms with Gasteiger partial charge < -0.3 is 10.2 Å². The van der Waals surface area contributed by atoms with Crippen LogP contribution >= 0.6 is 0 Å². The van der Waals surface area contributed by atoms with E-state index in [1.807, 2.05) is 24.7 Å². The van der Waals surface area contributed by atoms with Gasteiger partial charge in [-0.3, -0.25) is 4.68 Å². The van der Waals surface area contributed by atoms with Crippen LogP contribution in [-0.4, -0.2) is 38.9 Å². The Kier molecular flexibility index (Phi) is 5.37. The van der Waals surface area contributed by atoms with E-state index >= 15 is 0 Å². The van der Waals surface area contributed by atoms with Crippen molar-refractivity contribution < 1.29 is 0 Å². The number of rotatable bonds is 5. The molecule has 1 aliphatic heterocycles. The molecule has 1 fully saturated rings. The zero-order valence-electron chi connectivity index (χ0n) is 16.0. The molecule has 3 heterocycles. The smallest absolute Gasteiger partial charge is 0.132 e. The Morgan fingerprint density at radius 1 is 1.12 bits per heavy atom. The van der Waals surface area contributed by atoms with Crippen molar-refractivity contribution in [2.75, 3.05) is 18.0 Å². The first kappa shape index (κ1) is 17.9. The molecule has 0 aromatic carbocycles. The SMILES string of the molecule is Cc1cc(N2CCC(N[C@@H](C)c3cnn(C(C)C)c3)CC2)nc(C)n1. The third-order valence-electron chi connectivity index (χ3n) is 4.91. The first-order chi connectivity index (χ1) is 11.9. The molecule has 1 N–H and O–H groups in total. The lowest BCUT2D eigenvalue weighted by atomic mass is 10.0. The van der Waals surface area contributed by atoms with Crippen molar-refractivity contribution >= 4 is 5.82 Å². The second-order valence-electron chi connectivity index (χ2n) is 7.41. The number of hydrogen-bond donors (Lipinski definition) is 1. The van der Waals surface area contributed by atoms with Gasteiger partial charge in [-0.15, -0.1) is 0 Å². The molecular weight excluding hydrogens is 312 g/mol. The quantitative estimate of drug-likeness (QED) is 0.904. The van der Waals surface area contributed by atoms with Crippen LogP contribution < -0.4 is 10.2 Å². The molecule has 0 spiro atoms. The lowest BCUT2D eigenvalue weighted by Crippen LogP contribution is -2.43. The number of nitrogens with one attached hydrogen (secondary N) is 1. The second-order valence-corrected chi connectivity index (χ2v) is 7.41. The Hall–Kier alpha value is -1.95. The van der Waals surface area contributed by atoms with Crippen LogP contribution in [0.15, 0.2) is 18.5 Å². The number of piperidine rings is 1. The maximum atomic E-state index is 4.59. The van der Waals surface area contributed by atoms with Crippen molar-refractivity contribution in [2.24, 2.45) is 0 Å². The van der Waals surface area contributed by atoms with Crippen LogP contribution in [0.3, 0.4) is 0 Å². The molecule has 6 nitrogen and oxygen atoms in total. The summed E-state index contributed by atoms with van der Waals surface area (Å²) in [7, 11) is 0. The van der Waals surface area contributed by atoms with Crippen LogP contribution in [0.5, 0.6) is 0 Å². The molecular formula is C19H30N6. The normalized spacial score (nSPS) is 17.3. The molecule has 1 aliphatic rings. The zero-order chi connectivity index (χ0) is 18.0. The summed E-state index contributed by atoms with van der Waals surface area (Å²) in [5.41, 5.74) is 2.30. The van der Waals surface area contributed by atoms with E-state index in [0.29, 0.717) is 18.1 Å². The van der Waals surface area contributed by atoms with Crippen LogP contribution in [0, 0.1) is 13.8 Å².